The molecule has 2 rings (SSSR count). The van der Waals surface area contributed by atoms with Crippen LogP contribution in [0.4, 0.5) is 0 Å². The van der Waals surface area contributed by atoms with Crippen LogP contribution in [0.15, 0.2) is 48.5 Å². The van der Waals surface area contributed by atoms with Gasteiger partial charge in [-0.15, -0.1) is 0 Å². The van der Waals surface area contributed by atoms with Crippen molar-refractivity contribution in [2.24, 2.45) is 0 Å². The number of phosphoric ester groups is 1. The van der Waals surface area contributed by atoms with E-state index in [1.54, 1.807) is 24.3 Å². The molecule has 0 saturated carbocycles. The number of phosphoric acid groups is 2. The van der Waals surface area contributed by atoms with Gasteiger partial charge >= 0.3 is 38.7 Å². The van der Waals surface area contributed by atoms with Crippen LogP contribution < -0.4 is 9.05 Å². The van der Waals surface area contributed by atoms with E-state index in [9.17, 15) is 9.13 Å². The molecule has 0 spiro atoms. The third-order valence-electron chi connectivity index (χ3n) is 3.73. The minimum Gasteiger partial charge on any atom is -0.395 e. The fraction of sp³-hybridized carbons (Fsp3) is 0.333. The van der Waals surface area contributed by atoms with Crippen molar-refractivity contribution in [3.8, 4) is 11.5 Å². The highest BCUT2D eigenvalue weighted by atomic mass is 31.3. The maximum absolute atomic E-state index is 12.8. The summed E-state index contributed by atoms with van der Waals surface area (Å²) in [6.07, 6.45) is 0. The molecule has 0 bridgehead atoms. The van der Waals surface area contributed by atoms with Gasteiger partial charge in [-0.3, -0.25) is 0 Å². The molecule has 0 aliphatic heterocycles. The SMILES string of the molecule is CC(C)c1ccc(OP(=O)(Oc2ccc(C(C)C)cc2)OP(=O)(O)O)cc1.[MgH2]. The molecule has 2 aromatic carbocycles. The summed E-state index contributed by atoms with van der Waals surface area (Å²) in [5, 5.41) is 0. The molecule has 0 radical (unpaired) electrons. The molecule has 0 heterocycles. The van der Waals surface area contributed by atoms with Gasteiger partial charge in [-0.1, -0.05) is 52.0 Å². The second-order valence-electron chi connectivity index (χ2n) is 6.65. The van der Waals surface area contributed by atoms with Gasteiger partial charge in [-0.05, 0) is 47.2 Å². The number of rotatable bonds is 8. The number of benzene rings is 2. The lowest BCUT2D eigenvalue weighted by atomic mass is 10.0. The molecule has 2 N–H and O–H groups in total. The number of hydrogen-bond donors (Lipinski definition) is 2. The molecular weight excluding hydrogens is 414 g/mol. The van der Waals surface area contributed by atoms with Gasteiger partial charge < -0.3 is 18.8 Å². The summed E-state index contributed by atoms with van der Waals surface area (Å²) in [6, 6.07) is 13.2. The lowest BCUT2D eigenvalue weighted by Crippen LogP contribution is -2.04. The van der Waals surface area contributed by atoms with Gasteiger partial charge in [0.1, 0.15) is 11.5 Å². The highest BCUT2D eigenvalue weighted by molar-refractivity contribution is 7.61. The first-order chi connectivity index (χ1) is 12.5. The summed E-state index contributed by atoms with van der Waals surface area (Å²) in [4.78, 5) is 18.2. The van der Waals surface area contributed by atoms with Crippen LogP contribution >= 0.6 is 15.6 Å². The van der Waals surface area contributed by atoms with Crippen molar-refractivity contribution in [1.82, 2.24) is 0 Å². The summed E-state index contributed by atoms with van der Waals surface area (Å²) in [7, 11) is -9.75. The van der Waals surface area contributed by atoms with Crippen LogP contribution in [0.25, 0.3) is 0 Å². The van der Waals surface area contributed by atoms with E-state index in [0.717, 1.165) is 11.1 Å². The topological polar surface area (TPSA) is 102 Å². The largest absolute Gasteiger partial charge is 0.596 e. The summed E-state index contributed by atoms with van der Waals surface area (Å²) < 4.78 is 38.9. The van der Waals surface area contributed by atoms with Crippen molar-refractivity contribution >= 4 is 38.7 Å². The minimum absolute atomic E-state index is 0. The Labute approximate surface area is 181 Å². The zero-order valence-electron chi connectivity index (χ0n) is 15.6. The van der Waals surface area contributed by atoms with Crippen LogP contribution in [0, 0.1) is 0 Å². The summed E-state index contributed by atoms with van der Waals surface area (Å²) >= 11 is 0. The summed E-state index contributed by atoms with van der Waals surface area (Å²) in [5.41, 5.74) is 2.05. The third kappa shape index (κ3) is 7.88. The van der Waals surface area contributed by atoms with Crippen LogP contribution in [-0.4, -0.2) is 32.8 Å². The van der Waals surface area contributed by atoms with Gasteiger partial charge in [0.25, 0.3) is 0 Å². The fourth-order valence-electron chi connectivity index (χ4n) is 2.27. The Hall–Kier alpha value is -0.854. The van der Waals surface area contributed by atoms with Gasteiger partial charge in [-0.2, -0.15) is 4.31 Å². The highest BCUT2D eigenvalue weighted by Crippen LogP contribution is 2.60. The number of hydrogen-bond acceptors (Lipinski definition) is 5. The monoisotopic (exact) mass is 440 g/mol. The van der Waals surface area contributed by atoms with Crippen LogP contribution in [-0.2, 0) is 13.4 Å². The van der Waals surface area contributed by atoms with Gasteiger partial charge in [0.15, 0.2) is 0 Å². The van der Waals surface area contributed by atoms with Gasteiger partial charge in [-0.25, -0.2) is 9.13 Å². The predicted octanol–water partition coefficient (Wildman–Crippen LogP) is 4.69. The maximum Gasteiger partial charge on any atom is 0.596 e. The van der Waals surface area contributed by atoms with Crippen molar-refractivity contribution < 1.29 is 32.3 Å². The summed E-state index contributed by atoms with van der Waals surface area (Å²) in [6.45, 7) is 8.06. The Morgan fingerprint density at radius 1 is 0.714 bits per heavy atom. The van der Waals surface area contributed by atoms with Crippen LogP contribution in [0.1, 0.15) is 50.7 Å². The van der Waals surface area contributed by atoms with E-state index in [1.807, 2.05) is 27.7 Å². The zero-order valence-corrected chi connectivity index (χ0v) is 17.4. The minimum atomic E-state index is -5.12. The lowest BCUT2D eigenvalue weighted by Gasteiger charge is -2.19. The predicted molar refractivity (Wildman–Crippen MR) is 112 cm³/mol. The van der Waals surface area contributed by atoms with E-state index in [2.05, 4.69) is 4.31 Å². The lowest BCUT2D eigenvalue weighted by molar-refractivity contribution is 0.233. The van der Waals surface area contributed by atoms with Crippen molar-refractivity contribution in [3.05, 3.63) is 59.7 Å². The fourth-order valence-corrected chi connectivity index (χ4v) is 4.37. The Morgan fingerprint density at radius 3 is 1.29 bits per heavy atom. The van der Waals surface area contributed by atoms with Crippen molar-refractivity contribution in [1.29, 1.82) is 0 Å². The molecule has 0 aliphatic carbocycles. The van der Waals surface area contributed by atoms with E-state index >= 15 is 0 Å². The van der Waals surface area contributed by atoms with Crippen LogP contribution in [0.5, 0.6) is 11.5 Å². The standard InChI is InChI=1S/C18H24O7P2.Mg.2H/c1-13(2)15-5-9-17(10-6-15)23-27(22,25-26(19,20)21)24-18-11-7-16(8-12-18)14(3)4;;;/h5-14H,1-4H3,(H2,19,20,21);;;. The Bertz CT molecular complexity index is 788. The first kappa shape index (κ1) is 25.2. The molecule has 0 saturated heterocycles. The van der Waals surface area contributed by atoms with Crippen LogP contribution in [0.2, 0.25) is 0 Å². The average molecular weight is 441 g/mol. The molecule has 0 aliphatic rings. The highest BCUT2D eigenvalue weighted by Gasteiger charge is 2.39. The zero-order chi connectivity index (χ0) is 20.2. The van der Waals surface area contributed by atoms with Crippen molar-refractivity contribution in [2.75, 3.05) is 0 Å². The molecule has 7 nitrogen and oxygen atoms in total. The molecular formula is C18H26MgO7P2. The van der Waals surface area contributed by atoms with Crippen molar-refractivity contribution in [3.63, 3.8) is 0 Å². The Balaban J connectivity index is 0.00000392. The molecule has 10 heteroatoms. The molecule has 0 amide bonds. The molecule has 0 aromatic heterocycles. The maximum atomic E-state index is 12.8. The second-order valence-corrected chi connectivity index (χ2v) is 9.54. The van der Waals surface area contributed by atoms with Crippen LogP contribution in [0.3, 0.4) is 0 Å². The quantitative estimate of drug-likeness (QED) is 0.453. The first-order valence-corrected chi connectivity index (χ1v) is 11.4. The molecule has 0 atom stereocenters. The van der Waals surface area contributed by atoms with Crippen molar-refractivity contribution in [2.45, 2.75) is 39.5 Å². The normalized spacial score (nSPS) is 12.0. The van der Waals surface area contributed by atoms with E-state index in [0.29, 0.717) is 0 Å². The van der Waals surface area contributed by atoms with E-state index in [1.165, 1.54) is 24.3 Å². The average Bonchev–Trinajstić information content (AvgIpc) is 2.53. The third-order valence-corrected chi connectivity index (χ3v) is 6.25. The van der Waals surface area contributed by atoms with Gasteiger partial charge in [0.2, 0.25) is 0 Å². The van der Waals surface area contributed by atoms with E-state index < -0.39 is 15.6 Å². The smallest absolute Gasteiger partial charge is 0.395 e. The molecule has 0 unspecified atom stereocenters. The van der Waals surface area contributed by atoms with Gasteiger partial charge in [0, 0.05) is 0 Å². The van der Waals surface area contributed by atoms with E-state index in [4.69, 9.17) is 18.8 Å². The molecule has 152 valence electrons. The first-order valence-electron chi connectivity index (χ1n) is 8.43. The Kier molecular flexibility index (Phi) is 9.23. The van der Waals surface area contributed by atoms with E-state index in [-0.39, 0.29) is 46.4 Å². The molecule has 28 heavy (non-hydrogen) atoms. The molecule has 2 aromatic rings. The Morgan fingerprint density at radius 2 is 1.04 bits per heavy atom. The molecule has 0 fully saturated rings. The second kappa shape index (κ2) is 10.3. The van der Waals surface area contributed by atoms with Gasteiger partial charge in [0.05, 0.1) is 0 Å². The summed E-state index contributed by atoms with van der Waals surface area (Å²) in [5.74, 6) is 0.783.